The van der Waals surface area contributed by atoms with Gasteiger partial charge in [-0.15, -0.1) is 0 Å². The summed E-state index contributed by atoms with van der Waals surface area (Å²) in [5.41, 5.74) is 0.955. The SMILES string of the molecule is COC(=O)[C@H]1CN(CCCN2CCOC2=O)c2ccccc2O1. The van der Waals surface area contributed by atoms with E-state index in [1.54, 1.807) is 4.90 Å². The molecular formula is C16H20N2O5. The van der Waals surface area contributed by atoms with Crippen molar-refractivity contribution < 1.29 is 23.8 Å². The molecule has 1 saturated heterocycles. The Labute approximate surface area is 134 Å². The van der Waals surface area contributed by atoms with Gasteiger partial charge in [0.2, 0.25) is 6.10 Å². The summed E-state index contributed by atoms with van der Waals surface area (Å²) in [6.07, 6.45) is -0.0939. The molecule has 1 fully saturated rings. The number of methoxy groups -OCH3 is 1. The highest BCUT2D eigenvalue weighted by Crippen LogP contribution is 2.33. The zero-order chi connectivity index (χ0) is 16.2. The summed E-state index contributed by atoms with van der Waals surface area (Å²) in [6.45, 7) is 2.90. The highest BCUT2D eigenvalue weighted by molar-refractivity contribution is 5.78. The van der Waals surface area contributed by atoms with Crippen molar-refractivity contribution in [2.45, 2.75) is 12.5 Å². The molecule has 0 saturated carbocycles. The molecule has 1 aromatic carbocycles. The number of carbonyl (C=O) groups excluding carboxylic acids is 2. The molecule has 1 atom stereocenters. The minimum Gasteiger partial charge on any atom is -0.475 e. The van der Waals surface area contributed by atoms with E-state index in [4.69, 9.17) is 14.2 Å². The maximum Gasteiger partial charge on any atom is 0.409 e. The Morgan fingerprint density at radius 2 is 2.09 bits per heavy atom. The van der Waals surface area contributed by atoms with Crippen molar-refractivity contribution in [1.29, 1.82) is 0 Å². The number of carbonyl (C=O) groups is 2. The third kappa shape index (κ3) is 3.33. The maximum atomic E-state index is 11.8. The lowest BCUT2D eigenvalue weighted by Crippen LogP contribution is -2.45. The smallest absolute Gasteiger partial charge is 0.409 e. The van der Waals surface area contributed by atoms with Gasteiger partial charge in [0.1, 0.15) is 12.4 Å². The molecule has 1 amide bonds. The lowest BCUT2D eigenvalue weighted by molar-refractivity contribution is -0.148. The number of esters is 1. The average Bonchev–Trinajstić information content (AvgIpc) is 2.99. The van der Waals surface area contributed by atoms with Gasteiger partial charge in [-0.3, -0.25) is 0 Å². The first-order chi connectivity index (χ1) is 11.2. The van der Waals surface area contributed by atoms with Gasteiger partial charge in [-0.05, 0) is 18.6 Å². The van der Waals surface area contributed by atoms with Crippen LogP contribution in [0.1, 0.15) is 6.42 Å². The van der Waals surface area contributed by atoms with Crippen molar-refractivity contribution in [3.8, 4) is 5.75 Å². The lowest BCUT2D eigenvalue weighted by Gasteiger charge is -2.35. The molecule has 23 heavy (non-hydrogen) atoms. The van der Waals surface area contributed by atoms with Crippen LogP contribution < -0.4 is 9.64 Å². The van der Waals surface area contributed by atoms with Gasteiger partial charge in [-0.25, -0.2) is 9.59 Å². The second-order valence-electron chi connectivity index (χ2n) is 5.50. The van der Waals surface area contributed by atoms with E-state index < -0.39 is 6.10 Å². The molecule has 0 unspecified atom stereocenters. The van der Waals surface area contributed by atoms with Crippen LogP contribution in [0.4, 0.5) is 10.5 Å². The van der Waals surface area contributed by atoms with Gasteiger partial charge in [0, 0.05) is 13.1 Å². The third-order valence-corrected chi connectivity index (χ3v) is 4.03. The van der Waals surface area contributed by atoms with Crippen molar-refractivity contribution in [3.05, 3.63) is 24.3 Å². The van der Waals surface area contributed by atoms with Crippen LogP contribution in [0.25, 0.3) is 0 Å². The van der Waals surface area contributed by atoms with Crippen LogP contribution in [0, 0.1) is 0 Å². The number of hydrogen-bond donors (Lipinski definition) is 0. The number of hydrogen-bond acceptors (Lipinski definition) is 6. The Morgan fingerprint density at radius 1 is 1.30 bits per heavy atom. The van der Waals surface area contributed by atoms with Gasteiger partial charge in [-0.1, -0.05) is 12.1 Å². The summed E-state index contributed by atoms with van der Waals surface area (Å²) >= 11 is 0. The number of rotatable bonds is 5. The van der Waals surface area contributed by atoms with Gasteiger partial charge in [0.25, 0.3) is 0 Å². The normalized spacial score (nSPS) is 19.9. The third-order valence-electron chi connectivity index (χ3n) is 4.03. The zero-order valence-electron chi connectivity index (χ0n) is 13.1. The quantitative estimate of drug-likeness (QED) is 0.761. The van der Waals surface area contributed by atoms with Gasteiger partial charge in [0.15, 0.2) is 0 Å². The molecule has 0 aromatic heterocycles. The fourth-order valence-electron chi connectivity index (χ4n) is 2.85. The minimum atomic E-state index is -0.633. The number of ether oxygens (including phenoxy) is 3. The van der Waals surface area contributed by atoms with E-state index in [1.165, 1.54) is 7.11 Å². The second kappa shape index (κ2) is 6.76. The average molecular weight is 320 g/mol. The molecule has 0 radical (unpaired) electrons. The van der Waals surface area contributed by atoms with E-state index in [0.717, 1.165) is 18.7 Å². The Morgan fingerprint density at radius 3 is 2.83 bits per heavy atom. The fraction of sp³-hybridized carbons (Fsp3) is 0.500. The summed E-state index contributed by atoms with van der Waals surface area (Å²) < 4.78 is 15.4. The highest BCUT2D eigenvalue weighted by atomic mass is 16.6. The van der Waals surface area contributed by atoms with Crippen LogP contribution in [0.3, 0.4) is 0 Å². The summed E-state index contributed by atoms with van der Waals surface area (Å²) in [4.78, 5) is 27.0. The summed E-state index contributed by atoms with van der Waals surface area (Å²) in [7, 11) is 1.36. The molecule has 2 heterocycles. The molecule has 0 spiro atoms. The molecule has 7 nitrogen and oxygen atoms in total. The van der Waals surface area contributed by atoms with Crippen LogP contribution in [0.5, 0.6) is 5.75 Å². The summed E-state index contributed by atoms with van der Waals surface area (Å²) in [6, 6.07) is 7.62. The largest absolute Gasteiger partial charge is 0.475 e. The van der Waals surface area contributed by atoms with Crippen molar-refractivity contribution >= 4 is 17.7 Å². The number of cyclic esters (lactones) is 1. The number of para-hydroxylation sites is 2. The predicted octanol–water partition coefficient (Wildman–Crippen LogP) is 1.27. The fourth-order valence-corrected chi connectivity index (χ4v) is 2.85. The highest BCUT2D eigenvalue weighted by Gasteiger charge is 2.31. The van der Waals surface area contributed by atoms with Gasteiger partial charge in [-0.2, -0.15) is 0 Å². The first-order valence-electron chi connectivity index (χ1n) is 7.69. The number of nitrogens with zero attached hydrogens (tertiary/aromatic N) is 2. The molecule has 0 aliphatic carbocycles. The maximum absolute atomic E-state index is 11.8. The Hall–Kier alpha value is -2.44. The van der Waals surface area contributed by atoms with E-state index in [2.05, 4.69) is 4.90 Å². The Balaban J connectivity index is 1.64. The standard InChI is InChI=1S/C16H20N2O5/c1-21-15(19)14-11-18(12-5-2-3-6-13(12)23-14)8-4-7-17-9-10-22-16(17)20/h2-3,5-6,14H,4,7-11H2,1H3/t14-/m1/s1. The molecular weight excluding hydrogens is 300 g/mol. The van der Waals surface area contributed by atoms with Gasteiger partial charge >= 0.3 is 12.1 Å². The van der Waals surface area contributed by atoms with Crippen LogP contribution >= 0.6 is 0 Å². The van der Waals surface area contributed by atoms with Crippen LogP contribution in [-0.2, 0) is 14.3 Å². The summed E-state index contributed by atoms with van der Waals surface area (Å²) in [5.74, 6) is 0.294. The van der Waals surface area contributed by atoms with Crippen LogP contribution in [-0.4, -0.2) is 63.0 Å². The number of anilines is 1. The number of fused-ring (bicyclic) bond motifs is 1. The Kier molecular flexibility index (Phi) is 4.55. The topological polar surface area (TPSA) is 68.3 Å². The van der Waals surface area contributed by atoms with E-state index in [-0.39, 0.29) is 12.1 Å². The second-order valence-corrected chi connectivity index (χ2v) is 5.50. The first kappa shape index (κ1) is 15.5. The molecule has 2 aliphatic heterocycles. The van der Waals surface area contributed by atoms with Crippen molar-refractivity contribution in [2.24, 2.45) is 0 Å². The molecule has 1 aromatic rings. The molecule has 124 valence electrons. The van der Waals surface area contributed by atoms with Crippen molar-refractivity contribution in [3.63, 3.8) is 0 Å². The first-order valence-corrected chi connectivity index (χ1v) is 7.69. The molecule has 3 rings (SSSR count). The van der Waals surface area contributed by atoms with E-state index >= 15 is 0 Å². The van der Waals surface area contributed by atoms with Crippen LogP contribution in [0.2, 0.25) is 0 Å². The lowest BCUT2D eigenvalue weighted by atomic mass is 10.1. The van der Waals surface area contributed by atoms with Crippen molar-refractivity contribution in [1.82, 2.24) is 4.90 Å². The minimum absolute atomic E-state index is 0.250. The monoisotopic (exact) mass is 320 g/mol. The van der Waals surface area contributed by atoms with Crippen LogP contribution in [0.15, 0.2) is 24.3 Å². The predicted molar refractivity (Wildman–Crippen MR) is 82.6 cm³/mol. The Bertz CT molecular complexity index is 592. The zero-order valence-corrected chi connectivity index (χ0v) is 13.1. The molecule has 2 aliphatic rings. The van der Waals surface area contributed by atoms with Gasteiger partial charge < -0.3 is 24.0 Å². The van der Waals surface area contributed by atoms with E-state index in [0.29, 0.717) is 32.0 Å². The summed E-state index contributed by atoms with van der Waals surface area (Å²) in [5, 5.41) is 0. The molecule has 0 N–H and O–H groups in total. The number of benzene rings is 1. The molecule has 7 heteroatoms. The van der Waals surface area contributed by atoms with E-state index in [1.807, 2.05) is 24.3 Å². The van der Waals surface area contributed by atoms with Gasteiger partial charge in [0.05, 0.1) is 25.9 Å². The number of amides is 1. The van der Waals surface area contributed by atoms with Crippen molar-refractivity contribution in [2.75, 3.05) is 44.8 Å². The van der Waals surface area contributed by atoms with E-state index in [9.17, 15) is 9.59 Å². The molecule has 0 bridgehead atoms.